The van der Waals surface area contributed by atoms with Gasteiger partial charge in [0.2, 0.25) is 0 Å². The molecule has 7 heteroatoms. The van der Waals surface area contributed by atoms with Crippen LogP contribution in [0.4, 0.5) is 0 Å². The van der Waals surface area contributed by atoms with E-state index >= 15 is 0 Å². The molecule has 0 bridgehead atoms. The smallest absolute Gasteiger partial charge is 0.251 e. The molecule has 1 unspecified atom stereocenters. The summed E-state index contributed by atoms with van der Waals surface area (Å²) < 4.78 is 11.3. The van der Waals surface area contributed by atoms with Crippen molar-refractivity contribution < 1.29 is 14.3 Å². The van der Waals surface area contributed by atoms with Crippen LogP contribution in [0.1, 0.15) is 29.6 Å². The van der Waals surface area contributed by atoms with E-state index in [1.807, 2.05) is 18.2 Å². The summed E-state index contributed by atoms with van der Waals surface area (Å²) in [5, 5.41) is 6.35. The summed E-state index contributed by atoms with van der Waals surface area (Å²) >= 11 is 0. The van der Waals surface area contributed by atoms with Crippen LogP contribution in [0.15, 0.2) is 24.3 Å². The minimum atomic E-state index is -0.0390. The van der Waals surface area contributed by atoms with Crippen molar-refractivity contribution in [1.29, 1.82) is 0 Å². The molecule has 1 aromatic carbocycles. The molecule has 0 saturated carbocycles. The number of carbonyl (C=O) groups excluding carboxylic acids is 1. The molecule has 2 aliphatic rings. The Bertz CT molecular complexity index is 547. The van der Waals surface area contributed by atoms with E-state index in [4.69, 9.17) is 9.47 Å². The summed E-state index contributed by atoms with van der Waals surface area (Å²) in [5.74, 6) is 0.687. The SMILES string of the molecule is Cl.O=C(NCCCN1CCNCC1)c1cccc(OCC2CCCO2)c1. The van der Waals surface area contributed by atoms with Crippen LogP contribution >= 0.6 is 12.4 Å². The predicted octanol–water partition coefficient (Wildman–Crippen LogP) is 1.69. The summed E-state index contributed by atoms with van der Waals surface area (Å²) in [6.07, 6.45) is 3.31. The summed E-state index contributed by atoms with van der Waals surface area (Å²) in [5.41, 5.74) is 0.645. The second kappa shape index (κ2) is 11.4. The van der Waals surface area contributed by atoms with Crippen LogP contribution in [0.2, 0.25) is 0 Å². The zero-order valence-electron chi connectivity index (χ0n) is 15.2. The van der Waals surface area contributed by atoms with Gasteiger partial charge in [-0.15, -0.1) is 12.4 Å². The number of rotatable bonds is 8. The van der Waals surface area contributed by atoms with Crippen LogP contribution in [0.5, 0.6) is 5.75 Å². The van der Waals surface area contributed by atoms with Gasteiger partial charge < -0.3 is 25.0 Å². The highest BCUT2D eigenvalue weighted by molar-refractivity contribution is 5.94. The number of hydrogen-bond acceptors (Lipinski definition) is 5. The van der Waals surface area contributed by atoms with Gasteiger partial charge in [-0.05, 0) is 44.0 Å². The molecular formula is C19H30ClN3O3. The van der Waals surface area contributed by atoms with Crippen molar-refractivity contribution in [3.63, 3.8) is 0 Å². The molecule has 0 aliphatic carbocycles. The molecule has 2 aliphatic heterocycles. The molecule has 2 fully saturated rings. The molecule has 1 aromatic rings. The van der Waals surface area contributed by atoms with E-state index in [0.717, 1.165) is 64.3 Å². The fourth-order valence-corrected chi connectivity index (χ4v) is 3.23. The maximum Gasteiger partial charge on any atom is 0.251 e. The number of halogens is 1. The van der Waals surface area contributed by atoms with Crippen LogP contribution in [0, 0.1) is 0 Å². The Labute approximate surface area is 162 Å². The third-order valence-corrected chi connectivity index (χ3v) is 4.70. The second-order valence-corrected chi connectivity index (χ2v) is 6.67. The zero-order valence-corrected chi connectivity index (χ0v) is 16.1. The summed E-state index contributed by atoms with van der Waals surface area (Å²) in [7, 11) is 0. The van der Waals surface area contributed by atoms with Gasteiger partial charge in [0, 0.05) is 44.9 Å². The Balaban J connectivity index is 0.00000243. The highest BCUT2D eigenvalue weighted by Crippen LogP contribution is 2.17. The second-order valence-electron chi connectivity index (χ2n) is 6.67. The van der Waals surface area contributed by atoms with E-state index in [1.54, 1.807) is 6.07 Å². The van der Waals surface area contributed by atoms with E-state index in [9.17, 15) is 4.79 Å². The van der Waals surface area contributed by atoms with Gasteiger partial charge in [0.15, 0.2) is 0 Å². The molecule has 0 radical (unpaired) electrons. The first-order chi connectivity index (χ1) is 12.3. The molecule has 0 aromatic heterocycles. The molecule has 3 rings (SSSR count). The van der Waals surface area contributed by atoms with Crippen LogP contribution in [-0.4, -0.2) is 69.4 Å². The Morgan fingerprint density at radius 2 is 2.19 bits per heavy atom. The first-order valence-electron chi connectivity index (χ1n) is 9.37. The average molecular weight is 384 g/mol. The first-order valence-corrected chi connectivity index (χ1v) is 9.37. The largest absolute Gasteiger partial charge is 0.491 e. The van der Waals surface area contributed by atoms with Crippen LogP contribution < -0.4 is 15.4 Å². The number of amides is 1. The fraction of sp³-hybridized carbons (Fsp3) is 0.632. The van der Waals surface area contributed by atoms with Gasteiger partial charge in [-0.2, -0.15) is 0 Å². The number of carbonyl (C=O) groups is 1. The van der Waals surface area contributed by atoms with Gasteiger partial charge in [0.05, 0.1) is 6.10 Å². The molecule has 26 heavy (non-hydrogen) atoms. The lowest BCUT2D eigenvalue weighted by Crippen LogP contribution is -2.44. The monoisotopic (exact) mass is 383 g/mol. The molecule has 2 heterocycles. The highest BCUT2D eigenvalue weighted by Gasteiger charge is 2.16. The van der Waals surface area contributed by atoms with E-state index in [0.29, 0.717) is 18.7 Å². The predicted molar refractivity (Wildman–Crippen MR) is 104 cm³/mol. The molecule has 146 valence electrons. The third-order valence-electron chi connectivity index (χ3n) is 4.70. The number of nitrogens with zero attached hydrogens (tertiary/aromatic N) is 1. The average Bonchev–Trinajstić information content (AvgIpc) is 3.18. The summed E-state index contributed by atoms with van der Waals surface area (Å²) in [6, 6.07) is 7.38. The minimum Gasteiger partial charge on any atom is -0.491 e. The number of nitrogens with one attached hydrogen (secondary N) is 2. The molecular weight excluding hydrogens is 354 g/mol. The fourth-order valence-electron chi connectivity index (χ4n) is 3.23. The van der Waals surface area contributed by atoms with Crippen molar-refractivity contribution in [3.05, 3.63) is 29.8 Å². The van der Waals surface area contributed by atoms with Crippen molar-refractivity contribution in [1.82, 2.24) is 15.5 Å². The van der Waals surface area contributed by atoms with Crippen molar-refractivity contribution in [2.75, 3.05) is 52.5 Å². The molecule has 1 atom stereocenters. The molecule has 6 nitrogen and oxygen atoms in total. The van der Waals surface area contributed by atoms with Gasteiger partial charge in [-0.3, -0.25) is 4.79 Å². The Morgan fingerprint density at radius 1 is 1.35 bits per heavy atom. The molecule has 1 amide bonds. The standard InChI is InChI=1S/C19H29N3O3.ClH/c23-19(21-7-3-10-22-11-8-20-9-12-22)16-4-1-5-17(14-16)25-15-18-6-2-13-24-18;/h1,4-5,14,18,20H,2-3,6-13,15H2,(H,21,23);1H. The number of hydrogen-bond donors (Lipinski definition) is 2. The lowest BCUT2D eigenvalue weighted by molar-refractivity contribution is 0.0679. The maximum atomic E-state index is 12.3. The topological polar surface area (TPSA) is 62.8 Å². The van der Waals surface area contributed by atoms with Crippen LogP contribution in [0.25, 0.3) is 0 Å². The van der Waals surface area contributed by atoms with Crippen LogP contribution in [0.3, 0.4) is 0 Å². The van der Waals surface area contributed by atoms with E-state index in [-0.39, 0.29) is 24.4 Å². The van der Waals surface area contributed by atoms with Crippen LogP contribution in [-0.2, 0) is 4.74 Å². The van der Waals surface area contributed by atoms with Crippen molar-refractivity contribution in [3.8, 4) is 5.75 Å². The minimum absolute atomic E-state index is 0. The number of piperazine rings is 1. The van der Waals surface area contributed by atoms with E-state index in [1.165, 1.54) is 0 Å². The van der Waals surface area contributed by atoms with E-state index in [2.05, 4.69) is 15.5 Å². The summed E-state index contributed by atoms with van der Waals surface area (Å²) in [6.45, 7) is 7.42. The number of benzene rings is 1. The van der Waals surface area contributed by atoms with Gasteiger partial charge in [-0.1, -0.05) is 6.07 Å². The first kappa shape index (κ1) is 21.0. The zero-order chi connectivity index (χ0) is 17.3. The van der Waals surface area contributed by atoms with Gasteiger partial charge >= 0.3 is 0 Å². The van der Waals surface area contributed by atoms with Gasteiger partial charge in [0.25, 0.3) is 5.91 Å². The highest BCUT2D eigenvalue weighted by atomic mass is 35.5. The quantitative estimate of drug-likeness (QED) is 0.669. The summed E-state index contributed by atoms with van der Waals surface area (Å²) in [4.78, 5) is 14.7. The Hall–Kier alpha value is -1.34. The lowest BCUT2D eigenvalue weighted by atomic mass is 10.2. The van der Waals surface area contributed by atoms with E-state index < -0.39 is 0 Å². The Morgan fingerprint density at radius 3 is 2.96 bits per heavy atom. The molecule has 0 spiro atoms. The van der Waals surface area contributed by atoms with Crippen molar-refractivity contribution >= 4 is 18.3 Å². The van der Waals surface area contributed by atoms with Crippen molar-refractivity contribution in [2.45, 2.75) is 25.4 Å². The van der Waals surface area contributed by atoms with Gasteiger partial charge in [-0.25, -0.2) is 0 Å². The van der Waals surface area contributed by atoms with Gasteiger partial charge in [0.1, 0.15) is 12.4 Å². The Kier molecular flexibility index (Phi) is 9.18. The van der Waals surface area contributed by atoms with Crippen molar-refractivity contribution in [2.24, 2.45) is 0 Å². The maximum absolute atomic E-state index is 12.3. The lowest BCUT2D eigenvalue weighted by Gasteiger charge is -2.27. The number of ether oxygens (including phenoxy) is 2. The molecule has 2 N–H and O–H groups in total. The normalized spacial score (nSPS) is 20.4. The molecule has 2 saturated heterocycles. The third kappa shape index (κ3) is 6.76.